The summed E-state index contributed by atoms with van der Waals surface area (Å²) in [7, 11) is 3.10. The van der Waals surface area contributed by atoms with Gasteiger partial charge in [0.05, 0.1) is 0 Å². The van der Waals surface area contributed by atoms with E-state index in [0.29, 0.717) is 0 Å². The Labute approximate surface area is 111 Å². The van der Waals surface area contributed by atoms with Crippen LogP contribution in [0.15, 0.2) is 18.2 Å². The smallest absolute Gasteiger partial charge is 0.407 e. The van der Waals surface area contributed by atoms with Crippen LogP contribution in [-0.2, 0) is 11.2 Å². The molecule has 102 valence electrons. The number of alkyl carbamates (subject to hydrolysis) is 1. The predicted molar refractivity (Wildman–Crippen MR) is 71.1 cm³/mol. The Balaban J connectivity index is 2.11. The molecule has 1 aliphatic carbocycles. The highest BCUT2D eigenvalue weighted by Gasteiger charge is 2.25. The third kappa shape index (κ3) is 2.96. The number of amides is 3. The van der Waals surface area contributed by atoms with E-state index in [9.17, 15) is 9.59 Å². The van der Waals surface area contributed by atoms with Crippen LogP contribution in [-0.4, -0.2) is 26.2 Å². The SMILES string of the molecule is CNC(=O)Nc1ccc2c(c1)CC[C@@H]2OC(=O)NC. The van der Waals surface area contributed by atoms with Crippen molar-refractivity contribution in [3.05, 3.63) is 29.3 Å². The maximum absolute atomic E-state index is 11.2. The van der Waals surface area contributed by atoms with E-state index in [4.69, 9.17) is 4.74 Å². The van der Waals surface area contributed by atoms with Crippen molar-refractivity contribution in [2.45, 2.75) is 18.9 Å². The molecule has 0 fully saturated rings. The molecule has 0 radical (unpaired) electrons. The van der Waals surface area contributed by atoms with E-state index < -0.39 is 6.09 Å². The normalized spacial score (nSPS) is 16.4. The number of hydrogen-bond donors (Lipinski definition) is 3. The molecule has 1 aromatic carbocycles. The van der Waals surface area contributed by atoms with E-state index in [0.717, 1.165) is 29.7 Å². The summed E-state index contributed by atoms with van der Waals surface area (Å²) in [5.74, 6) is 0. The Morgan fingerprint density at radius 1 is 1.26 bits per heavy atom. The minimum atomic E-state index is -0.426. The van der Waals surface area contributed by atoms with Crippen molar-refractivity contribution in [2.75, 3.05) is 19.4 Å². The fraction of sp³-hybridized carbons (Fsp3) is 0.385. The minimum absolute atomic E-state index is 0.205. The fourth-order valence-electron chi connectivity index (χ4n) is 2.16. The molecule has 1 atom stereocenters. The van der Waals surface area contributed by atoms with Crippen LogP contribution in [0.1, 0.15) is 23.7 Å². The van der Waals surface area contributed by atoms with Gasteiger partial charge in [-0.3, -0.25) is 0 Å². The number of aryl methyl sites for hydroxylation is 1. The van der Waals surface area contributed by atoms with Crippen LogP contribution in [0.4, 0.5) is 15.3 Å². The number of benzene rings is 1. The first-order valence-electron chi connectivity index (χ1n) is 6.14. The number of urea groups is 1. The van der Waals surface area contributed by atoms with Gasteiger partial charge in [-0.15, -0.1) is 0 Å². The van der Waals surface area contributed by atoms with Crippen LogP contribution in [0.25, 0.3) is 0 Å². The second-order valence-electron chi connectivity index (χ2n) is 4.30. The molecule has 0 saturated carbocycles. The number of carbonyl (C=O) groups excluding carboxylic acids is 2. The third-order valence-electron chi connectivity index (χ3n) is 3.10. The lowest BCUT2D eigenvalue weighted by Crippen LogP contribution is -2.24. The van der Waals surface area contributed by atoms with Crippen LogP contribution in [0.5, 0.6) is 0 Å². The van der Waals surface area contributed by atoms with Gasteiger partial charge in [-0.05, 0) is 36.1 Å². The summed E-state index contributed by atoms with van der Waals surface area (Å²) in [6.45, 7) is 0. The molecule has 1 aliphatic rings. The van der Waals surface area contributed by atoms with E-state index in [1.54, 1.807) is 13.1 Å². The number of fused-ring (bicyclic) bond motifs is 1. The molecule has 1 aromatic rings. The summed E-state index contributed by atoms with van der Waals surface area (Å²) in [4.78, 5) is 22.5. The lowest BCUT2D eigenvalue weighted by Gasteiger charge is -2.13. The van der Waals surface area contributed by atoms with Crippen LogP contribution in [0, 0.1) is 0 Å². The third-order valence-corrected chi connectivity index (χ3v) is 3.10. The topological polar surface area (TPSA) is 79.5 Å². The Kier molecular flexibility index (Phi) is 3.89. The van der Waals surface area contributed by atoms with Gasteiger partial charge >= 0.3 is 12.1 Å². The first-order chi connectivity index (χ1) is 9.13. The molecule has 0 aliphatic heterocycles. The number of carbonyl (C=O) groups is 2. The average Bonchev–Trinajstić information content (AvgIpc) is 2.81. The van der Waals surface area contributed by atoms with Gasteiger partial charge in [0.15, 0.2) is 0 Å². The van der Waals surface area contributed by atoms with Crippen molar-refractivity contribution >= 4 is 17.8 Å². The summed E-state index contributed by atoms with van der Waals surface area (Å²) < 4.78 is 5.28. The van der Waals surface area contributed by atoms with Gasteiger partial charge in [-0.1, -0.05) is 6.07 Å². The van der Waals surface area contributed by atoms with Gasteiger partial charge in [0, 0.05) is 19.8 Å². The molecule has 0 aromatic heterocycles. The molecule has 6 heteroatoms. The molecule has 19 heavy (non-hydrogen) atoms. The van der Waals surface area contributed by atoms with E-state index >= 15 is 0 Å². The summed E-state index contributed by atoms with van der Waals surface area (Å²) in [5, 5.41) is 7.66. The quantitative estimate of drug-likeness (QED) is 0.761. The van der Waals surface area contributed by atoms with Crippen LogP contribution in [0.3, 0.4) is 0 Å². The zero-order valence-corrected chi connectivity index (χ0v) is 10.9. The van der Waals surface area contributed by atoms with E-state index in [-0.39, 0.29) is 12.1 Å². The van der Waals surface area contributed by atoms with E-state index in [1.807, 2.05) is 12.1 Å². The largest absolute Gasteiger partial charge is 0.441 e. The Morgan fingerprint density at radius 3 is 2.74 bits per heavy atom. The summed E-state index contributed by atoms with van der Waals surface area (Å²) in [6, 6.07) is 5.36. The summed E-state index contributed by atoms with van der Waals surface area (Å²) in [5.41, 5.74) is 2.84. The van der Waals surface area contributed by atoms with E-state index in [1.165, 1.54) is 7.05 Å². The maximum Gasteiger partial charge on any atom is 0.407 e. The number of rotatable bonds is 2. The lowest BCUT2D eigenvalue weighted by atomic mass is 10.1. The standard InChI is InChI=1S/C13H17N3O3/c1-14-12(17)16-9-4-5-10-8(7-9)3-6-11(10)19-13(18)15-2/h4-5,7,11H,3,6H2,1-2H3,(H,15,18)(H2,14,16,17)/t11-/m0/s1. The van der Waals surface area contributed by atoms with Crippen molar-refractivity contribution in [1.29, 1.82) is 0 Å². The molecule has 2 rings (SSSR count). The second kappa shape index (κ2) is 5.60. The second-order valence-corrected chi connectivity index (χ2v) is 4.30. The zero-order valence-electron chi connectivity index (χ0n) is 10.9. The monoisotopic (exact) mass is 263 g/mol. The van der Waals surface area contributed by atoms with Gasteiger partial charge < -0.3 is 20.7 Å². The van der Waals surface area contributed by atoms with Gasteiger partial charge in [0.1, 0.15) is 6.10 Å². The number of nitrogens with one attached hydrogen (secondary N) is 3. The zero-order chi connectivity index (χ0) is 13.8. The molecule has 0 heterocycles. The van der Waals surface area contributed by atoms with Crippen LogP contribution < -0.4 is 16.0 Å². The van der Waals surface area contributed by atoms with Crippen molar-refractivity contribution in [3.8, 4) is 0 Å². The van der Waals surface area contributed by atoms with Crippen molar-refractivity contribution in [1.82, 2.24) is 10.6 Å². The highest BCUT2D eigenvalue weighted by Crippen LogP contribution is 2.35. The highest BCUT2D eigenvalue weighted by atomic mass is 16.6. The van der Waals surface area contributed by atoms with Gasteiger partial charge in [0.2, 0.25) is 0 Å². The van der Waals surface area contributed by atoms with E-state index in [2.05, 4.69) is 16.0 Å². The molecule has 3 N–H and O–H groups in total. The molecule has 3 amide bonds. The molecular weight excluding hydrogens is 246 g/mol. The van der Waals surface area contributed by atoms with Crippen molar-refractivity contribution < 1.29 is 14.3 Å². The lowest BCUT2D eigenvalue weighted by molar-refractivity contribution is 0.100. The summed E-state index contributed by atoms with van der Waals surface area (Å²) >= 11 is 0. The first kappa shape index (κ1) is 13.2. The molecule has 6 nitrogen and oxygen atoms in total. The Morgan fingerprint density at radius 2 is 2.05 bits per heavy atom. The van der Waals surface area contributed by atoms with Gasteiger partial charge in [0.25, 0.3) is 0 Å². The number of ether oxygens (including phenoxy) is 1. The van der Waals surface area contributed by atoms with Crippen LogP contribution in [0.2, 0.25) is 0 Å². The number of hydrogen-bond acceptors (Lipinski definition) is 3. The molecule has 0 saturated heterocycles. The number of anilines is 1. The highest BCUT2D eigenvalue weighted by molar-refractivity contribution is 5.89. The van der Waals surface area contributed by atoms with Crippen molar-refractivity contribution in [2.24, 2.45) is 0 Å². The Hall–Kier alpha value is -2.24. The van der Waals surface area contributed by atoms with Crippen LogP contribution >= 0.6 is 0 Å². The Bertz CT molecular complexity index is 502. The molecular formula is C13H17N3O3. The maximum atomic E-state index is 11.2. The minimum Gasteiger partial charge on any atom is -0.441 e. The van der Waals surface area contributed by atoms with Gasteiger partial charge in [-0.2, -0.15) is 0 Å². The summed E-state index contributed by atoms with van der Waals surface area (Å²) in [6.07, 6.45) is 0.973. The average molecular weight is 263 g/mol. The fourth-order valence-corrected chi connectivity index (χ4v) is 2.16. The predicted octanol–water partition coefficient (Wildman–Crippen LogP) is 1.78. The van der Waals surface area contributed by atoms with Crippen molar-refractivity contribution in [3.63, 3.8) is 0 Å². The molecule has 0 bridgehead atoms. The first-order valence-corrected chi connectivity index (χ1v) is 6.14. The molecule has 0 spiro atoms. The van der Waals surface area contributed by atoms with Gasteiger partial charge in [-0.25, -0.2) is 9.59 Å². The molecule has 0 unspecified atom stereocenters.